The Morgan fingerprint density at radius 3 is 2.58 bits per heavy atom. The van der Waals surface area contributed by atoms with Crippen LogP contribution in [-0.4, -0.2) is 16.4 Å². The summed E-state index contributed by atoms with van der Waals surface area (Å²) in [6, 6.07) is 9.49. The van der Waals surface area contributed by atoms with Crippen molar-refractivity contribution in [1.82, 2.24) is 4.57 Å². The summed E-state index contributed by atoms with van der Waals surface area (Å²) in [5, 5.41) is 3.33. The van der Waals surface area contributed by atoms with Gasteiger partial charge in [-0.3, -0.25) is 14.2 Å². The number of benzene rings is 2. The van der Waals surface area contributed by atoms with Gasteiger partial charge in [0.1, 0.15) is 5.82 Å². The highest BCUT2D eigenvalue weighted by Crippen LogP contribution is 2.25. The number of hydrogen-bond donors (Lipinski definition) is 1. The Morgan fingerprint density at radius 2 is 1.92 bits per heavy atom. The normalized spacial score (nSPS) is 10.8. The minimum absolute atomic E-state index is 0.288. The van der Waals surface area contributed by atoms with E-state index in [1.165, 1.54) is 35.9 Å². The number of nitrogens with one attached hydrogen (secondary N) is 1. The first-order valence-electron chi connectivity index (χ1n) is 7.26. The van der Waals surface area contributed by atoms with E-state index in [-0.39, 0.29) is 11.8 Å². The fraction of sp³-hybridized carbons (Fsp3) is 0.111. The molecule has 0 atom stereocenters. The molecule has 122 valence electrons. The van der Waals surface area contributed by atoms with Crippen molar-refractivity contribution in [2.24, 2.45) is 0 Å². The van der Waals surface area contributed by atoms with Crippen molar-refractivity contribution >= 4 is 44.3 Å². The molecule has 3 rings (SSSR count). The highest BCUT2D eigenvalue weighted by Gasteiger charge is 2.17. The third kappa shape index (κ3) is 2.97. The van der Waals surface area contributed by atoms with Gasteiger partial charge in [0.05, 0.1) is 11.1 Å². The molecule has 0 spiro atoms. The van der Waals surface area contributed by atoms with E-state index < -0.39 is 5.82 Å². The quantitative estimate of drug-likeness (QED) is 0.687. The number of amides is 1. The summed E-state index contributed by atoms with van der Waals surface area (Å²) in [6.45, 7) is 3.29. The smallest absolute Gasteiger partial charge is 0.257 e. The zero-order valence-electron chi connectivity index (χ0n) is 13.1. The van der Waals surface area contributed by atoms with Gasteiger partial charge >= 0.3 is 0 Å². The highest BCUT2D eigenvalue weighted by molar-refractivity contribution is 9.10. The lowest BCUT2D eigenvalue weighted by Crippen LogP contribution is -2.12. The summed E-state index contributed by atoms with van der Waals surface area (Å²) in [7, 11) is 0. The molecule has 0 saturated carbocycles. The number of carbonyl (C=O) groups excluding carboxylic acids is 2. The lowest BCUT2D eigenvalue weighted by Gasteiger charge is -2.06. The van der Waals surface area contributed by atoms with Gasteiger partial charge in [0.2, 0.25) is 5.91 Å². The van der Waals surface area contributed by atoms with E-state index in [4.69, 9.17) is 0 Å². The minimum atomic E-state index is -0.460. The van der Waals surface area contributed by atoms with Gasteiger partial charge in [0.15, 0.2) is 0 Å². The summed E-state index contributed by atoms with van der Waals surface area (Å²) >= 11 is 3.41. The molecule has 2 aromatic carbocycles. The van der Waals surface area contributed by atoms with Gasteiger partial charge in [-0.2, -0.15) is 0 Å². The summed E-state index contributed by atoms with van der Waals surface area (Å²) in [5.41, 5.74) is 2.33. The SMILES string of the molecule is CC(=O)n1cc(C(=O)Nc2ccc(Br)c(C)c2)c2ccc(F)cc21. The molecule has 0 radical (unpaired) electrons. The Morgan fingerprint density at radius 1 is 1.17 bits per heavy atom. The van der Waals surface area contributed by atoms with Crippen LogP contribution in [0.3, 0.4) is 0 Å². The molecule has 0 fully saturated rings. The molecule has 6 heteroatoms. The van der Waals surface area contributed by atoms with E-state index in [1.54, 1.807) is 6.07 Å². The number of carbonyl (C=O) groups is 2. The maximum absolute atomic E-state index is 13.5. The van der Waals surface area contributed by atoms with Gasteiger partial charge < -0.3 is 5.32 Å². The average Bonchev–Trinajstić information content (AvgIpc) is 2.90. The fourth-order valence-electron chi connectivity index (χ4n) is 2.56. The minimum Gasteiger partial charge on any atom is -0.322 e. The molecule has 1 amide bonds. The predicted molar refractivity (Wildman–Crippen MR) is 95.0 cm³/mol. The lowest BCUT2D eigenvalue weighted by atomic mass is 10.1. The van der Waals surface area contributed by atoms with Gasteiger partial charge in [0.25, 0.3) is 5.91 Å². The first-order valence-corrected chi connectivity index (χ1v) is 8.05. The van der Waals surface area contributed by atoms with Gasteiger partial charge in [-0.25, -0.2) is 4.39 Å². The average molecular weight is 389 g/mol. The Bertz CT molecular complexity index is 979. The maximum atomic E-state index is 13.5. The molecule has 1 N–H and O–H groups in total. The van der Waals surface area contributed by atoms with Gasteiger partial charge in [-0.05, 0) is 48.9 Å². The van der Waals surface area contributed by atoms with Crippen molar-refractivity contribution in [2.75, 3.05) is 5.32 Å². The maximum Gasteiger partial charge on any atom is 0.257 e. The number of fused-ring (bicyclic) bond motifs is 1. The second kappa shape index (κ2) is 6.20. The van der Waals surface area contributed by atoms with Crippen LogP contribution in [0, 0.1) is 12.7 Å². The molecule has 0 unspecified atom stereocenters. The van der Waals surface area contributed by atoms with E-state index in [0.717, 1.165) is 10.0 Å². The number of anilines is 1. The molecule has 0 saturated heterocycles. The molecule has 0 bridgehead atoms. The lowest BCUT2D eigenvalue weighted by molar-refractivity contribution is 0.0941. The van der Waals surface area contributed by atoms with Gasteiger partial charge in [-0.1, -0.05) is 15.9 Å². The monoisotopic (exact) mass is 388 g/mol. The Kier molecular flexibility index (Phi) is 4.24. The van der Waals surface area contributed by atoms with Crippen LogP contribution in [0.1, 0.15) is 27.6 Å². The van der Waals surface area contributed by atoms with Crippen LogP contribution < -0.4 is 5.32 Å². The molecule has 1 aromatic heterocycles. The first-order chi connectivity index (χ1) is 11.4. The van der Waals surface area contributed by atoms with Crippen molar-refractivity contribution in [3.63, 3.8) is 0 Å². The zero-order chi connectivity index (χ0) is 17.4. The van der Waals surface area contributed by atoms with Crippen molar-refractivity contribution in [1.29, 1.82) is 0 Å². The topological polar surface area (TPSA) is 51.1 Å². The Balaban J connectivity index is 2.03. The number of aryl methyl sites for hydroxylation is 1. The predicted octanol–water partition coefficient (Wildman–Crippen LogP) is 4.76. The molecule has 3 aromatic rings. The summed E-state index contributed by atoms with van der Waals surface area (Å²) in [4.78, 5) is 24.4. The van der Waals surface area contributed by atoms with Gasteiger partial charge in [-0.15, -0.1) is 0 Å². The van der Waals surface area contributed by atoms with Crippen LogP contribution in [0.5, 0.6) is 0 Å². The van der Waals surface area contributed by atoms with Crippen LogP contribution >= 0.6 is 15.9 Å². The van der Waals surface area contributed by atoms with Gasteiger partial charge in [0, 0.05) is 28.7 Å². The van der Waals surface area contributed by atoms with E-state index in [1.807, 2.05) is 19.1 Å². The van der Waals surface area contributed by atoms with Crippen LogP contribution in [-0.2, 0) is 0 Å². The standard InChI is InChI=1S/C18H14BrFN2O2/c1-10-7-13(4-6-16(10)19)21-18(24)15-9-22(11(2)23)17-8-12(20)3-5-14(15)17/h3-9H,1-2H3,(H,21,24). The summed E-state index contributed by atoms with van der Waals surface area (Å²) < 4.78 is 15.7. The van der Waals surface area contributed by atoms with Crippen molar-refractivity contribution in [3.8, 4) is 0 Å². The van der Waals surface area contributed by atoms with Crippen LogP contribution in [0.25, 0.3) is 10.9 Å². The van der Waals surface area contributed by atoms with Crippen LogP contribution in [0.4, 0.5) is 10.1 Å². The first kappa shape index (κ1) is 16.4. The number of hydrogen-bond acceptors (Lipinski definition) is 2. The molecular formula is C18H14BrFN2O2. The molecule has 0 aliphatic carbocycles. The molecule has 24 heavy (non-hydrogen) atoms. The number of halogens is 2. The van der Waals surface area contributed by atoms with Crippen molar-refractivity contribution in [3.05, 3.63) is 64.0 Å². The molecule has 0 aliphatic heterocycles. The van der Waals surface area contributed by atoms with E-state index in [9.17, 15) is 14.0 Å². The second-order valence-electron chi connectivity index (χ2n) is 5.51. The van der Waals surface area contributed by atoms with Crippen molar-refractivity contribution in [2.45, 2.75) is 13.8 Å². The van der Waals surface area contributed by atoms with Crippen LogP contribution in [0.15, 0.2) is 47.1 Å². The molecule has 1 heterocycles. The molecule has 0 aliphatic rings. The number of rotatable bonds is 2. The summed E-state index contributed by atoms with van der Waals surface area (Å²) in [6.07, 6.45) is 1.44. The largest absolute Gasteiger partial charge is 0.322 e. The van der Waals surface area contributed by atoms with E-state index in [0.29, 0.717) is 22.2 Å². The third-order valence-corrected chi connectivity index (χ3v) is 4.66. The second-order valence-corrected chi connectivity index (χ2v) is 6.37. The highest BCUT2D eigenvalue weighted by atomic mass is 79.9. The Hall–Kier alpha value is -2.47. The van der Waals surface area contributed by atoms with E-state index >= 15 is 0 Å². The summed E-state index contributed by atoms with van der Waals surface area (Å²) in [5.74, 6) is -1.10. The molecule has 4 nitrogen and oxygen atoms in total. The number of aromatic nitrogens is 1. The van der Waals surface area contributed by atoms with E-state index in [2.05, 4.69) is 21.2 Å². The zero-order valence-corrected chi connectivity index (χ0v) is 14.6. The third-order valence-electron chi connectivity index (χ3n) is 3.77. The van der Waals surface area contributed by atoms with Crippen LogP contribution in [0.2, 0.25) is 0 Å². The molecular weight excluding hydrogens is 375 g/mol. The Labute approximate surface area is 146 Å². The fourth-order valence-corrected chi connectivity index (χ4v) is 2.81. The van der Waals surface area contributed by atoms with Crippen molar-refractivity contribution < 1.29 is 14.0 Å². The number of nitrogens with zero attached hydrogens (tertiary/aromatic N) is 1.